The number of nitrogens with zero attached hydrogens (tertiary/aromatic N) is 1. The summed E-state index contributed by atoms with van der Waals surface area (Å²) in [4.78, 5) is 37.1. The average Bonchev–Trinajstić information content (AvgIpc) is 3.27. The van der Waals surface area contributed by atoms with Crippen LogP contribution in [-0.4, -0.2) is 75.5 Å². The third kappa shape index (κ3) is 46.4. The Labute approximate surface area is 402 Å². The van der Waals surface area contributed by atoms with Gasteiger partial charge in [-0.05, 0) is 64.2 Å². The van der Waals surface area contributed by atoms with Gasteiger partial charge in [-0.3, -0.25) is 9.59 Å². The SMILES string of the molecule is CC/C=C/C/C=C/CCCCCCCCCCCCCCCCC(=O)OC(COCCC(C(=O)[O-])[N+](C)(C)C)COC(=O)CCCCCCCCC/C=C/CCCCCCCCCCC. The molecule has 0 saturated heterocycles. The van der Waals surface area contributed by atoms with Gasteiger partial charge < -0.3 is 28.6 Å². The summed E-state index contributed by atoms with van der Waals surface area (Å²) < 4.78 is 17.3. The van der Waals surface area contributed by atoms with Crippen LogP contribution >= 0.6 is 0 Å². The molecule has 380 valence electrons. The standard InChI is InChI=1S/C57H105NO7/c1-6-8-10-12-14-16-18-20-22-24-26-28-30-32-34-36-38-40-42-44-46-48-56(60)65-53(51-63-50-49-54(57(61)62)58(3,4)5)52-64-55(59)47-45-43-41-39-37-35-33-31-29-27-25-23-21-19-17-15-13-11-9-7-2/h8,10,14,16,27,29,53-54H,6-7,9,11-13,15,17-26,28,30-52H2,1-5H3/b10-8+,16-14+,29-27+. The lowest BCUT2D eigenvalue weighted by molar-refractivity contribution is -0.889. The second kappa shape index (κ2) is 48.0. The highest BCUT2D eigenvalue weighted by Crippen LogP contribution is 2.16. The highest BCUT2D eigenvalue weighted by Gasteiger charge is 2.25. The van der Waals surface area contributed by atoms with Gasteiger partial charge in [-0.2, -0.15) is 0 Å². The average molecular weight is 916 g/mol. The van der Waals surface area contributed by atoms with Crippen LogP contribution < -0.4 is 5.11 Å². The van der Waals surface area contributed by atoms with Crippen LogP contribution in [0.4, 0.5) is 0 Å². The van der Waals surface area contributed by atoms with Gasteiger partial charge in [0.2, 0.25) is 0 Å². The Morgan fingerprint density at radius 2 is 0.862 bits per heavy atom. The highest BCUT2D eigenvalue weighted by atomic mass is 16.6. The summed E-state index contributed by atoms with van der Waals surface area (Å²) in [6.45, 7) is 4.60. The molecule has 65 heavy (non-hydrogen) atoms. The first-order valence-corrected chi connectivity index (χ1v) is 27.5. The maximum Gasteiger partial charge on any atom is 0.306 e. The first-order valence-electron chi connectivity index (χ1n) is 27.5. The van der Waals surface area contributed by atoms with Gasteiger partial charge in [-0.1, -0.05) is 211 Å². The minimum atomic E-state index is -1.12. The van der Waals surface area contributed by atoms with Crippen LogP contribution in [0.25, 0.3) is 0 Å². The first kappa shape index (κ1) is 62.5. The molecule has 2 atom stereocenters. The van der Waals surface area contributed by atoms with Crippen molar-refractivity contribution in [3.63, 3.8) is 0 Å². The predicted octanol–water partition coefficient (Wildman–Crippen LogP) is 14.8. The molecule has 0 amide bonds. The Morgan fingerprint density at radius 3 is 1.28 bits per heavy atom. The zero-order chi connectivity index (χ0) is 47.7. The molecule has 0 aliphatic carbocycles. The van der Waals surface area contributed by atoms with Crippen LogP contribution in [-0.2, 0) is 28.6 Å². The van der Waals surface area contributed by atoms with Gasteiger partial charge in [0.25, 0.3) is 0 Å². The van der Waals surface area contributed by atoms with Gasteiger partial charge in [-0.15, -0.1) is 0 Å². The molecule has 0 aromatic rings. The van der Waals surface area contributed by atoms with Crippen molar-refractivity contribution in [1.82, 2.24) is 0 Å². The van der Waals surface area contributed by atoms with Gasteiger partial charge in [0.05, 0.1) is 40.3 Å². The largest absolute Gasteiger partial charge is 0.544 e. The summed E-state index contributed by atoms with van der Waals surface area (Å²) >= 11 is 0. The van der Waals surface area contributed by atoms with Crippen LogP contribution in [0.3, 0.4) is 0 Å². The molecule has 0 radical (unpaired) electrons. The van der Waals surface area contributed by atoms with E-state index >= 15 is 0 Å². The third-order valence-electron chi connectivity index (χ3n) is 12.5. The summed E-state index contributed by atoms with van der Waals surface area (Å²) in [6.07, 6.45) is 57.5. The number of esters is 2. The second-order valence-corrected chi connectivity index (χ2v) is 19.8. The van der Waals surface area contributed by atoms with Crippen molar-refractivity contribution < 1.29 is 38.2 Å². The Morgan fingerprint density at radius 1 is 0.477 bits per heavy atom. The zero-order valence-electron chi connectivity index (χ0n) is 43.4. The lowest BCUT2D eigenvalue weighted by Gasteiger charge is -2.34. The van der Waals surface area contributed by atoms with Gasteiger partial charge in [-0.25, -0.2) is 0 Å². The molecule has 0 rings (SSSR count). The van der Waals surface area contributed by atoms with Crippen molar-refractivity contribution in [1.29, 1.82) is 0 Å². The highest BCUT2D eigenvalue weighted by molar-refractivity contribution is 5.70. The number of aliphatic carboxylic acids is 1. The van der Waals surface area contributed by atoms with Crippen molar-refractivity contribution in [2.24, 2.45) is 0 Å². The van der Waals surface area contributed by atoms with Crippen molar-refractivity contribution in [2.75, 3.05) is 41.0 Å². The molecule has 8 heteroatoms. The lowest BCUT2D eigenvalue weighted by atomic mass is 10.0. The van der Waals surface area contributed by atoms with Gasteiger partial charge in [0.1, 0.15) is 12.6 Å². The minimum Gasteiger partial charge on any atom is -0.544 e. The number of rotatable bonds is 50. The van der Waals surface area contributed by atoms with E-state index in [0.29, 0.717) is 12.8 Å². The number of unbranched alkanes of at least 4 members (excludes halogenated alkanes) is 30. The number of carboxylic acid groups (broad SMARTS) is 1. The third-order valence-corrected chi connectivity index (χ3v) is 12.5. The van der Waals surface area contributed by atoms with Crippen LogP contribution in [0.2, 0.25) is 0 Å². The van der Waals surface area contributed by atoms with Gasteiger partial charge >= 0.3 is 11.9 Å². The van der Waals surface area contributed by atoms with E-state index < -0.39 is 18.1 Å². The molecule has 0 spiro atoms. The normalized spacial score (nSPS) is 13.1. The number of allylic oxidation sites excluding steroid dienone is 6. The molecule has 0 N–H and O–H groups in total. The fourth-order valence-corrected chi connectivity index (χ4v) is 8.28. The number of carbonyl (C=O) groups is 3. The van der Waals surface area contributed by atoms with E-state index in [1.807, 2.05) is 21.1 Å². The summed E-state index contributed by atoms with van der Waals surface area (Å²) in [6, 6.07) is -0.726. The molecule has 0 heterocycles. The topological polar surface area (TPSA) is 102 Å². The quantitative estimate of drug-likeness (QED) is 0.0259. The van der Waals surface area contributed by atoms with E-state index in [2.05, 4.69) is 50.3 Å². The number of quaternary nitrogens is 1. The molecule has 0 aromatic heterocycles. The van der Waals surface area contributed by atoms with Gasteiger partial charge in [0.15, 0.2) is 6.10 Å². The number of likely N-dealkylation sites (N-methyl/N-ethyl adjacent to an activating group) is 1. The van der Waals surface area contributed by atoms with E-state index in [1.165, 1.54) is 173 Å². The van der Waals surface area contributed by atoms with E-state index in [4.69, 9.17) is 14.2 Å². The molecular weight excluding hydrogens is 811 g/mol. The van der Waals surface area contributed by atoms with Crippen molar-refractivity contribution in [2.45, 2.75) is 270 Å². The van der Waals surface area contributed by atoms with Crippen molar-refractivity contribution >= 4 is 17.9 Å². The molecular formula is C57H105NO7. The van der Waals surface area contributed by atoms with E-state index in [0.717, 1.165) is 51.4 Å². The molecule has 0 saturated carbocycles. The Balaban J connectivity index is 4.18. The lowest BCUT2D eigenvalue weighted by Crippen LogP contribution is -2.55. The van der Waals surface area contributed by atoms with E-state index in [-0.39, 0.29) is 42.7 Å². The maximum atomic E-state index is 12.8. The molecule has 8 nitrogen and oxygen atoms in total. The molecule has 2 unspecified atom stereocenters. The second-order valence-electron chi connectivity index (χ2n) is 19.8. The predicted molar refractivity (Wildman–Crippen MR) is 273 cm³/mol. The van der Waals surface area contributed by atoms with Crippen LogP contribution in [0, 0.1) is 0 Å². The number of hydrogen-bond donors (Lipinski definition) is 0. The number of hydrogen-bond acceptors (Lipinski definition) is 7. The summed E-state index contributed by atoms with van der Waals surface area (Å²) in [5.41, 5.74) is 0. The maximum absolute atomic E-state index is 12.8. The Bertz CT molecular complexity index is 1160. The van der Waals surface area contributed by atoms with Gasteiger partial charge in [0, 0.05) is 19.3 Å². The first-order chi connectivity index (χ1) is 31.6. The summed E-state index contributed by atoms with van der Waals surface area (Å²) in [5.74, 6) is -1.73. The van der Waals surface area contributed by atoms with Crippen LogP contribution in [0.5, 0.6) is 0 Å². The molecule has 0 bridgehead atoms. The molecule has 0 aliphatic rings. The zero-order valence-corrected chi connectivity index (χ0v) is 43.4. The monoisotopic (exact) mass is 916 g/mol. The number of carboxylic acids is 1. The van der Waals surface area contributed by atoms with Crippen LogP contribution in [0.1, 0.15) is 258 Å². The Kier molecular flexibility index (Phi) is 46.2. The van der Waals surface area contributed by atoms with E-state index in [1.54, 1.807) is 0 Å². The molecule has 0 fully saturated rings. The smallest absolute Gasteiger partial charge is 0.306 e. The molecule has 0 aliphatic heterocycles. The summed E-state index contributed by atoms with van der Waals surface area (Å²) in [7, 11) is 5.43. The van der Waals surface area contributed by atoms with Crippen molar-refractivity contribution in [3.8, 4) is 0 Å². The van der Waals surface area contributed by atoms with Crippen molar-refractivity contribution in [3.05, 3.63) is 36.5 Å². The minimum absolute atomic E-state index is 0.0421. The number of carbonyl (C=O) groups excluding carboxylic acids is 3. The fraction of sp³-hybridized carbons (Fsp3) is 0.842. The fourth-order valence-electron chi connectivity index (χ4n) is 8.28. The van der Waals surface area contributed by atoms with Crippen LogP contribution in [0.15, 0.2) is 36.5 Å². The summed E-state index contributed by atoms with van der Waals surface area (Å²) in [5, 5.41) is 11.7. The molecule has 0 aromatic carbocycles. The number of ether oxygens (including phenoxy) is 3. The Hall–Kier alpha value is -2.45. The van der Waals surface area contributed by atoms with E-state index in [9.17, 15) is 19.5 Å².